The van der Waals surface area contributed by atoms with Crippen molar-refractivity contribution in [2.45, 2.75) is 19.3 Å². The van der Waals surface area contributed by atoms with Crippen LogP contribution in [-0.2, 0) is 0 Å². The Morgan fingerprint density at radius 1 is 1.16 bits per heavy atom. The number of rotatable bonds is 8. The highest BCUT2D eigenvalue weighted by Gasteiger charge is 2.18. The molecule has 0 fully saturated rings. The van der Waals surface area contributed by atoms with Crippen molar-refractivity contribution in [3.05, 3.63) is 89.3 Å². The summed E-state index contributed by atoms with van der Waals surface area (Å²) in [5, 5.41) is 17.9. The average molecular weight is 433 g/mol. The van der Waals surface area contributed by atoms with Crippen LogP contribution in [0.1, 0.15) is 40.8 Å². The molecule has 32 heavy (non-hydrogen) atoms. The van der Waals surface area contributed by atoms with E-state index in [0.717, 1.165) is 28.3 Å². The highest BCUT2D eigenvalue weighted by atomic mass is 19.1. The Morgan fingerprint density at radius 3 is 2.66 bits per heavy atom. The van der Waals surface area contributed by atoms with E-state index in [9.17, 15) is 9.50 Å². The molecule has 0 amide bonds. The van der Waals surface area contributed by atoms with Gasteiger partial charge in [0, 0.05) is 18.7 Å². The first-order valence-corrected chi connectivity index (χ1v) is 10.2. The minimum atomic E-state index is -0.303. The lowest BCUT2D eigenvalue weighted by Crippen LogP contribution is -2.06. The topological polar surface area (TPSA) is 88.9 Å². The molecule has 0 aliphatic rings. The van der Waals surface area contributed by atoms with Crippen LogP contribution in [0.5, 0.6) is 5.75 Å². The minimum Gasteiger partial charge on any atom is -0.495 e. The van der Waals surface area contributed by atoms with Gasteiger partial charge in [0.2, 0.25) is 0 Å². The summed E-state index contributed by atoms with van der Waals surface area (Å²) >= 11 is 0. The predicted molar refractivity (Wildman–Crippen MR) is 120 cm³/mol. The first-order chi connectivity index (χ1) is 15.6. The molecule has 2 aromatic carbocycles. The maximum absolute atomic E-state index is 13.3. The normalized spacial score (nSPS) is 12.4. The van der Waals surface area contributed by atoms with Crippen LogP contribution >= 0.6 is 0 Å². The highest BCUT2D eigenvalue weighted by molar-refractivity contribution is 5.69. The van der Waals surface area contributed by atoms with E-state index in [1.54, 1.807) is 25.6 Å². The van der Waals surface area contributed by atoms with Crippen molar-refractivity contribution in [3.8, 4) is 11.4 Å². The van der Waals surface area contributed by atoms with Crippen LogP contribution < -0.4 is 4.74 Å². The number of benzene rings is 2. The molecule has 0 saturated carbocycles. The SMILES string of the molecule is COc1cc(/C=C/c2nnc(C(CCO)c3ccc(F)cc3)[nH]2)ccc1-n1cnc(C)c1. The van der Waals surface area contributed by atoms with Crippen LogP contribution in [0.25, 0.3) is 17.8 Å². The minimum absolute atomic E-state index is 0.0174. The summed E-state index contributed by atoms with van der Waals surface area (Å²) in [5.74, 6) is 1.42. The van der Waals surface area contributed by atoms with Crippen molar-refractivity contribution in [1.82, 2.24) is 24.7 Å². The molecule has 4 aromatic rings. The summed E-state index contributed by atoms with van der Waals surface area (Å²) in [4.78, 5) is 7.45. The number of nitrogens with zero attached hydrogens (tertiary/aromatic N) is 4. The van der Waals surface area contributed by atoms with Crippen molar-refractivity contribution in [1.29, 1.82) is 0 Å². The van der Waals surface area contributed by atoms with Crippen LogP contribution in [0.15, 0.2) is 55.0 Å². The average Bonchev–Trinajstić information content (AvgIpc) is 3.45. The van der Waals surface area contributed by atoms with Gasteiger partial charge in [0.05, 0.1) is 24.8 Å². The van der Waals surface area contributed by atoms with E-state index in [4.69, 9.17) is 4.74 Å². The smallest absolute Gasteiger partial charge is 0.154 e. The molecule has 2 heterocycles. The molecule has 2 aromatic heterocycles. The van der Waals surface area contributed by atoms with Gasteiger partial charge < -0.3 is 19.4 Å². The Kier molecular flexibility index (Phi) is 6.42. The quantitative estimate of drug-likeness (QED) is 0.436. The third kappa shape index (κ3) is 4.76. The summed E-state index contributed by atoms with van der Waals surface area (Å²) < 4.78 is 20.7. The van der Waals surface area contributed by atoms with Gasteiger partial charge in [-0.25, -0.2) is 9.37 Å². The maximum Gasteiger partial charge on any atom is 0.154 e. The number of hydrogen-bond donors (Lipinski definition) is 2. The van der Waals surface area contributed by atoms with Crippen LogP contribution in [0.3, 0.4) is 0 Å². The monoisotopic (exact) mass is 433 g/mol. The Hall–Kier alpha value is -3.78. The zero-order valence-corrected chi connectivity index (χ0v) is 17.9. The van der Waals surface area contributed by atoms with Crippen LogP contribution in [0.4, 0.5) is 4.39 Å². The molecular formula is C24H24FN5O2. The number of halogens is 1. The number of methoxy groups -OCH3 is 1. The van der Waals surface area contributed by atoms with Gasteiger partial charge in [-0.15, -0.1) is 10.2 Å². The molecule has 4 rings (SSSR count). The number of aromatic amines is 1. The van der Waals surface area contributed by atoms with Gasteiger partial charge in [0.25, 0.3) is 0 Å². The summed E-state index contributed by atoms with van der Waals surface area (Å²) in [6.07, 6.45) is 7.88. The van der Waals surface area contributed by atoms with Crippen molar-refractivity contribution >= 4 is 12.2 Å². The van der Waals surface area contributed by atoms with Gasteiger partial charge in [-0.1, -0.05) is 24.3 Å². The number of hydrogen-bond acceptors (Lipinski definition) is 5. The number of aromatic nitrogens is 5. The molecule has 0 spiro atoms. The third-order valence-corrected chi connectivity index (χ3v) is 5.17. The van der Waals surface area contributed by atoms with E-state index in [2.05, 4.69) is 20.2 Å². The first-order valence-electron chi connectivity index (χ1n) is 10.2. The zero-order chi connectivity index (χ0) is 22.5. The van der Waals surface area contributed by atoms with Gasteiger partial charge in [0.1, 0.15) is 17.4 Å². The van der Waals surface area contributed by atoms with Gasteiger partial charge >= 0.3 is 0 Å². The molecule has 0 aliphatic carbocycles. The molecule has 8 heteroatoms. The summed E-state index contributed by atoms with van der Waals surface area (Å²) in [7, 11) is 1.63. The van der Waals surface area contributed by atoms with Crippen LogP contribution in [0, 0.1) is 12.7 Å². The second-order valence-corrected chi connectivity index (χ2v) is 7.40. The fourth-order valence-corrected chi connectivity index (χ4v) is 3.55. The summed E-state index contributed by atoms with van der Waals surface area (Å²) in [6.45, 7) is 1.92. The maximum atomic E-state index is 13.3. The van der Waals surface area contributed by atoms with Gasteiger partial charge in [-0.3, -0.25) is 0 Å². The lowest BCUT2D eigenvalue weighted by Gasteiger charge is -2.13. The van der Waals surface area contributed by atoms with Crippen LogP contribution in [0.2, 0.25) is 0 Å². The van der Waals surface area contributed by atoms with Crippen molar-refractivity contribution in [2.24, 2.45) is 0 Å². The standard InChI is InChI=1S/C24H24FN5O2/c1-16-14-30(15-26-16)21-9-3-17(13-22(21)32-2)4-10-23-27-24(29-28-23)20(11-12-31)18-5-7-19(25)8-6-18/h3-10,13-15,20,31H,11-12H2,1-2H3,(H,27,28,29)/b10-4+. The van der Waals surface area contributed by atoms with Crippen molar-refractivity contribution < 1.29 is 14.2 Å². The van der Waals surface area contributed by atoms with Gasteiger partial charge in [-0.2, -0.15) is 0 Å². The Balaban J connectivity index is 1.54. The summed E-state index contributed by atoms with van der Waals surface area (Å²) in [6, 6.07) is 12.1. The second-order valence-electron chi connectivity index (χ2n) is 7.40. The number of aliphatic hydroxyl groups excluding tert-OH is 1. The van der Waals surface area contributed by atoms with Gasteiger partial charge in [0.15, 0.2) is 5.82 Å². The van der Waals surface area contributed by atoms with E-state index < -0.39 is 0 Å². The number of ether oxygens (including phenoxy) is 1. The molecule has 0 bridgehead atoms. The molecule has 164 valence electrons. The lowest BCUT2D eigenvalue weighted by molar-refractivity contribution is 0.280. The molecule has 7 nitrogen and oxygen atoms in total. The molecule has 1 atom stereocenters. The Bertz CT molecular complexity index is 1210. The Labute approximate surface area is 185 Å². The molecule has 1 unspecified atom stereocenters. The fourth-order valence-electron chi connectivity index (χ4n) is 3.55. The van der Waals surface area contributed by atoms with E-state index >= 15 is 0 Å². The summed E-state index contributed by atoms with van der Waals surface area (Å²) in [5.41, 5.74) is 3.63. The molecule has 0 radical (unpaired) electrons. The van der Waals surface area contributed by atoms with E-state index in [-0.39, 0.29) is 18.3 Å². The highest BCUT2D eigenvalue weighted by Crippen LogP contribution is 2.27. The fraction of sp³-hybridized carbons (Fsp3) is 0.208. The van der Waals surface area contributed by atoms with E-state index in [0.29, 0.717) is 18.1 Å². The number of nitrogens with one attached hydrogen (secondary N) is 1. The number of imidazole rings is 1. The van der Waals surface area contributed by atoms with Crippen LogP contribution in [-0.4, -0.2) is 43.6 Å². The number of aliphatic hydroxyl groups is 1. The lowest BCUT2D eigenvalue weighted by atomic mass is 9.95. The molecular weight excluding hydrogens is 409 g/mol. The number of H-pyrrole nitrogens is 1. The number of aryl methyl sites for hydroxylation is 1. The first kappa shape index (κ1) is 21.5. The third-order valence-electron chi connectivity index (χ3n) is 5.17. The van der Waals surface area contributed by atoms with E-state index in [1.165, 1.54) is 12.1 Å². The largest absolute Gasteiger partial charge is 0.495 e. The molecule has 0 aliphatic heterocycles. The molecule has 0 saturated heterocycles. The molecule has 2 N–H and O–H groups in total. The van der Waals surface area contributed by atoms with E-state index in [1.807, 2.05) is 48.0 Å². The predicted octanol–water partition coefficient (Wildman–Crippen LogP) is 4.13. The Morgan fingerprint density at radius 2 is 1.97 bits per heavy atom. The second kappa shape index (κ2) is 9.57. The zero-order valence-electron chi connectivity index (χ0n) is 17.9. The van der Waals surface area contributed by atoms with Gasteiger partial charge in [-0.05, 0) is 54.8 Å². The van der Waals surface area contributed by atoms with Crippen molar-refractivity contribution in [3.63, 3.8) is 0 Å². The van der Waals surface area contributed by atoms with Crippen molar-refractivity contribution in [2.75, 3.05) is 13.7 Å².